The third-order valence-electron chi connectivity index (χ3n) is 2.30. The van der Waals surface area contributed by atoms with Crippen LogP contribution in [0, 0.1) is 17.1 Å². The topological polar surface area (TPSA) is 49.2 Å². The quantitative estimate of drug-likeness (QED) is 0.788. The van der Waals surface area contributed by atoms with Crippen molar-refractivity contribution >= 4 is 21.7 Å². The van der Waals surface area contributed by atoms with Gasteiger partial charge in [-0.15, -0.1) is 0 Å². The molecular formula is C10H9BrFN3O. The first-order chi connectivity index (χ1) is 7.70. The van der Waals surface area contributed by atoms with Gasteiger partial charge in [0.2, 0.25) is 0 Å². The SMILES string of the molecule is N#CC1CN(c2ncc(Br)cc2F)CCO1. The molecule has 2 rings (SSSR count). The lowest BCUT2D eigenvalue weighted by Crippen LogP contribution is -2.42. The lowest BCUT2D eigenvalue weighted by atomic mass is 10.3. The van der Waals surface area contributed by atoms with Gasteiger partial charge < -0.3 is 9.64 Å². The Kier molecular flexibility index (Phi) is 3.36. The summed E-state index contributed by atoms with van der Waals surface area (Å²) in [7, 11) is 0. The van der Waals surface area contributed by atoms with Gasteiger partial charge in [0.25, 0.3) is 0 Å². The maximum atomic E-state index is 13.6. The minimum absolute atomic E-state index is 0.270. The first kappa shape index (κ1) is 11.3. The summed E-state index contributed by atoms with van der Waals surface area (Å²) >= 11 is 3.15. The van der Waals surface area contributed by atoms with Crippen LogP contribution in [0.25, 0.3) is 0 Å². The van der Waals surface area contributed by atoms with Crippen LogP contribution < -0.4 is 4.90 Å². The van der Waals surface area contributed by atoms with E-state index in [1.54, 1.807) is 4.90 Å². The Morgan fingerprint density at radius 1 is 1.69 bits per heavy atom. The zero-order valence-corrected chi connectivity index (χ0v) is 9.95. The number of hydrogen-bond donors (Lipinski definition) is 0. The predicted octanol–water partition coefficient (Wildman–Crippen LogP) is 1.71. The molecule has 1 aliphatic heterocycles. The van der Waals surface area contributed by atoms with Crippen LogP contribution in [0.5, 0.6) is 0 Å². The largest absolute Gasteiger partial charge is 0.360 e. The van der Waals surface area contributed by atoms with E-state index >= 15 is 0 Å². The van der Waals surface area contributed by atoms with Crippen LogP contribution in [-0.2, 0) is 4.74 Å². The number of pyridine rings is 1. The van der Waals surface area contributed by atoms with Crippen LogP contribution in [0.4, 0.5) is 10.2 Å². The zero-order chi connectivity index (χ0) is 11.5. The number of halogens is 2. The Morgan fingerprint density at radius 2 is 2.50 bits per heavy atom. The lowest BCUT2D eigenvalue weighted by Gasteiger charge is -2.30. The van der Waals surface area contributed by atoms with Crippen LogP contribution in [0.2, 0.25) is 0 Å². The summed E-state index contributed by atoms with van der Waals surface area (Å²) in [5, 5.41) is 8.75. The molecule has 1 aliphatic rings. The van der Waals surface area contributed by atoms with E-state index in [2.05, 4.69) is 20.9 Å². The fraction of sp³-hybridized carbons (Fsp3) is 0.400. The summed E-state index contributed by atoms with van der Waals surface area (Å²) < 4.78 is 19.4. The van der Waals surface area contributed by atoms with Gasteiger partial charge in [0.05, 0.1) is 19.2 Å². The van der Waals surface area contributed by atoms with Gasteiger partial charge in [0.1, 0.15) is 0 Å². The Balaban J connectivity index is 2.20. The highest BCUT2D eigenvalue weighted by Gasteiger charge is 2.23. The monoisotopic (exact) mass is 285 g/mol. The summed E-state index contributed by atoms with van der Waals surface area (Å²) in [6.07, 6.45) is 1.02. The molecule has 0 bridgehead atoms. The second-order valence-electron chi connectivity index (χ2n) is 3.39. The normalized spacial score (nSPS) is 20.6. The molecule has 1 fully saturated rings. The van der Waals surface area contributed by atoms with Crippen molar-refractivity contribution < 1.29 is 9.13 Å². The molecule has 0 radical (unpaired) electrons. The molecule has 1 saturated heterocycles. The van der Waals surface area contributed by atoms with Crippen molar-refractivity contribution in [1.82, 2.24) is 4.98 Å². The summed E-state index contributed by atoms with van der Waals surface area (Å²) in [4.78, 5) is 5.73. The zero-order valence-electron chi connectivity index (χ0n) is 8.36. The molecule has 1 aromatic heterocycles. The Morgan fingerprint density at radius 3 is 3.19 bits per heavy atom. The predicted molar refractivity (Wildman–Crippen MR) is 59.5 cm³/mol. The number of aromatic nitrogens is 1. The van der Waals surface area contributed by atoms with Crippen molar-refractivity contribution in [3.8, 4) is 6.07 Å². The molecule has 0 saturated carbocycles. The van der Waals surface area contributed by atoms with E-state index in [1.165, 1.54) is 12.3 Å². The lowest BCUT2D eigenvalue weighted by molar-refractivity contribution is 0.0758. The average molecular weight is 286 g/mol. The summed E-state index contributed by atoms with van der Waals surface area (Å²) in [5.74, 6) is -0.125. The Bertz CT molecular complexity index is 435. The fourth-order valence-corrected chi connectivity index (χ4v) is 1.86. The third-order valence-corrected chi connectivity index (χ3v) is 2.73. The molecule has 1 atom stereocenters. The number of hydrogen-bond acceptors (Lipinski definition) is 4. The molecule has 0 N–H and O–H groups in total. The molecule has 84 valence electrons. The van der Waals surface area contributed by atoms with E-state index in [-0.39, 0.29) is 5.82 Å². The smallest absolute Gasteiger partial charge is 0.166 e. The van der Waals surface area contributed by atoms with Crippen molar-refractivity contribution in [1.29, 1.82) is 5.26 Å². The van der Waals surface area contributed by atoms with Gasteiger partial charge in [-0.3, -0.25) is 0 Å². The van der Waals surface area contributed by atoms with Gasteiger partial charge in [-0.1, -0.05) is 0 Å². The highest BCUT2D eigenvalue weighted by atomic mass is 79.9. The van der Waals surface area contributed by atoms with E-state index < -0.39 is 11.9 Å². The highest BCUT2D eigenvalue weighted by molar-refractivity contribution is 9.10. The molecule has 0 amide bonds. The molecule has 0 aromatic carbocycles. The molecule has 2 heterocycles. The number of ether oxygens (including phenoxy) is 1. The van der Waals surface area contributed by atoms with Crippen LogP contribution in [-0.4, -0.2) is 30.8 Å². The van der Waals surface area contributed by atoms with Gasteiger partial charge in [-0.05, 0) is 22.0 Å². The van der Waals surface area contributed by atoms with Gasteiger partial charge >= 0.3 is 0 Å². The number of morpholine rings is 1. The molecular weight excluding hydrogens is 277 g/mol. The van der Waals surface area contributed by atoms with Crippen molar-refractivity contribution in [3.63, 3.8) is 0 Å². The molecule has 1 aromatic rings. The Labute approximate surface area is 101 Å². The fourth-order valence-electron chi connectivity index (χ4n) is 1.56. The maximum Gasteiger partial charge on any atom is 0.166 e. The second-order valence-corrected chi connectivity index (χ2v) is 4.31. The summed E-state index contributed by atoms with van der Waals surface area (Å²) in [5.41, 5.74) is 0. The van der Waals surface area contributed by atoms with Crippen LogP contribution in [0.15, 0.2) is 16.7 Å². The van der Waals surface area contributed by atoms with E-state index in [4.69, 9.17) is 10.00 Å². The van der Waals surface area contributed by atoms with Crippen molar-refractivity contribution in [2.24, 2.45) is 0 Å². The van der Waals surface area contributed by atoms with Crippen molar-refractivity contribution in [2.45, 2.75) is 6.10 Å². The summed E-state index contributed by atoms with van der Waals surface area (Å²) in [6.45, 7) is 1.31. The van der Waals surface area contributed by atoms with Crippen molar-refractivity contribution in [2.75, 3.05) is 24.6 Å². The van der Waals surface area contributed by atoms with E-state index in [0.29, 0.717) is 24.2 Å². The second kappa shape index (κ2) is 4.76. The van der Waals surface area contributed by atoms with Crippen LogP contribution in [0.1, 0.15) is 0 Å². The van der Waals surface area contributed by atoms with E-state index in [1.807, 2.05) is 6.07 Å². The molecule has 6 heteroatoms. The van der Waals surface area contributed by atoms with Crippen LogP contribution >= 0.6 is 15.9 Å². The maximum absolute atomic E-state index is 13.6. The average Bonchev–Trinajstić information content (AvgIpc) is 2.29. The molecule has 0 aliphatic carbocycles. The van der Waals surface area contributed by atoms with E-state index in [9.17, 15) is 4.39 Å². The number of nitrogens with zero attached hydrogens (tertiary/aromatic N) is 3. The van der Waals surface area contributed by atoms with Gasteiger partial charge in [0, 0.05) is 17.2 Å². The standard InChI is InChI=1S/C10H9BrFN3O/c11-7-3-9(12)10(14-5-7)15-1-2-16-8(4-13)6-15/h3,5,8H,1-2,6H2. The first-order valence-corrected chi connectivity index (χ1v) is 5.57. The third kappa shape index (κ3) is 2.31. The molecule has 1 unspecified atom stereocenters. The van der Waals surface area contributed by atoms with Crippen molar-refractivity contribution in [3.05, 3.63) is 22.6 Å². The van der Waals surface area contributed by atoms with Gasteiger partial charge in [-0.2, -0.15) is 5.26 Å². The minimum atomic E-state index is -0.515. The van der Waals surface area contributed by atoms with Gasteiger partial charge in [0.15, 0.2) is 17.7 Å². The number of anilines is 1. The highest BCUT2D eigenvalue weighted by Crippen LogP contribution is 2.21. The first-order valence-electron chi connectivity index (χ1n) is 4.78. The number of rotatable bonds is 1. The van der Waals surface area contributed by atoms with E-state index in [0.717, 1.165) is 0 Å². The Hall–Kier alpha value is -1.19. The summed E-state index contributed by atoms with van der Waals surface area (Å²) in [6, 6.07) is 3.37. The van der Waals surface area contributed by atoms with Gasteiger partial charge in [-0.25, -0.2) is 9.37 Å². The molecule has 16 heavy (non-hydrogen) atoms. The van der Waals surface area contributed by atoms with Crippen LogP contribution in [0.3, 0.4) is 0 Å². The number of nitriles is 1. The minimum Gasteiger partial charge on any atom is -0.360 e. The molecule has 4 nitrogen and oxygen atoms in total. The molecule has 0 spiro atoms.